The highest BCUT2D eigenvalue weighted by molar-refractivity contribution is 5.11. The number of likely N-dealkylation sites (tertiary alicyclic amines) is 1. The minimum Gasteiger partial charge on any atom is -0.480 e. The molecule has 2 aromatic rings. The lowest BCUT2D eigenvalue weighted by atomic mass is 10.0. The number of hydrogen-bond acceptors (Lipinski definition) is 6. The molecule has 2 aromatic heterocycles. The molecule has 0 spiro atoms. The molecule has 1 fully saturated rings. The smallest absolute Gasteiger partial charge is 0.233 e. The van der Waals surface area contributed by atoms with Crippen LogP contribution in [0.2, 0.25) is 0 Å². The molecule has 24 heavy (non-hydrogen) atoms. The number of nitrogens with zero attached hydrogens (tertiary/aromatic N) is 3. The van der Waals surface area contributed by atoms with Gasteiger partial charge in [0.25, 0.3) is 0 Å². The molecular formula is C18H25N3O3. The van der Waals surface area contributed by atoms with Gasteiger partial charge in [-0.25, -0.2) is 0 Å². The summed E-state index contributed by atoms with van der Waals surface area (Å²) in [6.45, 7) is 1.76. The lowest BCUT2D eigenvalue weighted by molar-refractivity contribution is 0.0823. The minimum absolute atomic E-state index is 0.316. The summed E-state index contributed by atoms with van der Waals surface area (Å²) in [6, 6.07) is 7.76. The molecular weight excluding hydrogens is 306 g/mol. The quantitative estimate of drug-likeness (QED) is 0.877. The Morgan fingerprint density at radius 1 is 1.29 bits per heavy atom. The van der Waals surface area contributed by atoms with Crippen LogP contribution in [0.1, 0.15) is 49.7 Å². The molecule has 0 bridgehead atoms. The topological polar surface area (TPSA) is 71.6 Å². The van der Waals surface area contributed by atoms with Gasteiger partial charge in [0, 0.05) is 18.7 Å². The maximum atomic E-state index is 10.4. The van der Waals surface area contributed by atoms with E-state index in [2.05, 4.69) is 15.1 Å². The van der Waals surface area contributed by atoms with Crippen LogP contribution in [-0.2, 0) is 6.54 Å². The Labute approximate surface area is 142 Å². The van der Waals surface area contributed by atoms with E-state index in [1.807, 2.05) is 24.3 Å². The van der Waals surface area contributed by atoms with E-state index in [-0.39, 0.29) is 0 Å². The first kappa shape index (κ1) is 16.9. The second-order valence-electron chi connectivity index (χ2n) is 6.31. The molecule has 130 valence electrons. The summed E-state index contributed by atoms with van der Waals surface area (Å²) in [6.07, 6.45) is 6.41. The average Bonchev–Trinajstić information content (AvgIpc) is 3.07. The van der Waals surface area contributed by atoms with Gasteiger partial charge in [-0.3, -0.25) is 4.90 Å². The van der Waals surface area contributed by atoms with E-state index in [0.717, 1.165) is 25.2 Å². The van der Waals surface area contributed by atoms with Crippen molar-refractivity contribution in [3.63, 3.8) is 0 Å². The normalized spacial score (nSPS) is 20.5. The summed E-state index contributed by atoms with van der Waals surface area (Å²) >= 11 is 0. The molecule has 6 nitrogen and oxygen atoms in total. The van der Waals surface area contributed by atoms with Crippen LogP contribution >= 0.6 is 0 Å². The van der Waals surface area contributed by atoms with Crippen molar-refractivity contribution in [2.75, 3.05) is 13.7 Å². The van der Waals surface area contributed by atoms with E-state index in [1.54, 1.807) is 13.4 Å². The predicted octanol–water partition coefficient (Wildman–Crippen LogP) is 2.95. The Bertz CT molecular complexity index is 600. The van der Waals surface area contributed by atoms with Crippen molar-refractivity contribution < 1.29 is 14.3 Å². The third-order valence-corrected chi connectivity index (χ3v) is 4.64. The van der Waals surface area contributed by atoms with Crippen molar-refractivity contribution in [3.05, 3.63) is 42.0 Å². The van der Waals surface area contributed by atoms with Crippen LogP contribution in [0.25, 0.3) is 0 Å². The second kappa shape index (κ2) is 8.26. The molecule has 3 heterocycles. The summed E-state index contributed by atoms with van der Waals surface area (Å²) in [5.41, 5.74) is 0.926. The molecule has 0 unspecified atom stereocenters. The first-order chi connectivity index (χ1) is 11.8. The highest BCUT2D eigenvalue weighted by Crippen LogP contribution is 2.27. The van der Waals surface area contributed by atoms with Gasteiger partial charge in [-0.15, -0.1) is 5.10 Å². The summed E-state index contributed by atoms with van der Waals surface area (Å²) in [5, 5.41) is 18.7. The largest absolute Gasteiger partial charge is 0.480 e. The molecule has 0 aliphatic carbocycles. The molecule has 0 amide bonds. The monoisotopic (exact) mass is 331 g/mol. The van der Waals surface area contributed by atoms with Crippen LogP contribution in [0.15, 0.2) is 34.9 Å². The number of rotatable bonds is 6. The van der Waals surface area contributed by atoms with Crippen molar-refractivity contribution in [1.82, 2.24) is 15.1 Å². The fourth-order valence-electron chi connectivity index (χ4n) is 3.32. The summed E-state index contributed by atoms with van der Waals surface area (Å²) in [5.74, 6) is 1.17. The molecule has 1 saturated heterocycles. The van der Waals surface area contributed by atoms with Gasteiger partial charge in [-0.2, -0.15) is 5.10 Å². The zero-order valence-corrected chi connectivity index (χ0v) is 14.1. The van der Waals surface area contributed by atoms with E-state index in [1.165, 1.54) is 19.3 Å². The summed E-state index contributed by atoms with van der Waals surface area (Å²) in [4.78, 5) is 2.41. The fourth-order valence-corrected chi connectivity index (χ4v) is 3.32. The summed E-state index contributed by atoms with van der Waals surface area (Å²) < 4.78 is 10.4. The molecule has 2 atom stereocenters. The van der Waals surface area contributed by atoms with Crippen LogP contribution in [-0.4, -0.2) is 39.9 Å². The Kier molecular flexibility index (Phi) is 5.82. The van der Waals surface area contributed by atoms with Crippen LogP contribution in [0.4, 0.5) is 0 Å². The molecule has 0 aromatic carbocycles. The number of aliphatic hydroxyl groups excluding tert-OH is 1. The van der Waals surface area contributed by atoms with E-state index in [0.29, 0.717) is 24.1 Å². The third-order valence-electron chi connectivity index (χ3n) is 4.64. The summed E-state index contributed by atoms with van der Waals surface area (Å²) in [7, 11) is 1.59. The maximum absolute atomic E-state index is 10.4. The van der Waals surface area contributed by atoms with Gasteiger partial charge in [-0.1, -0.05) is 12.8 Å². The third kappa shape index (κ3) is 4.33. The Morgan fingerprint density at radius 2 is 2.21 bits per heavy atom. The molecule has 0 saturated carbocycles. The zero-order chi connectivity index (χ0) is 16.8. The van der Waals surface area contributed by atoms with Crippen molar-refractivity contribution >= 4 is 0 Å². The number of hydrogen-bond donors (Lipinski definition) is 1. The average molecular weight is 331 g/mol. The molecule has 6 heteroatoms. The highest BCUT2D eigenvalue weighted by atomic mass is 16.5. The Balaban J connectivity index is 1.67. The lowest BCUT2D eigenvalue weighted by Crippen LogP contribution is -2.35. The number of ether oxygens (including phenoxy) is 1. The Hall–Kier alpha value is -1.92. The van der Waals surface area contributed by atoms with Crippen LogP contribution in [0.5, 0.6) is 5.88 Å². The van der Waals surface area contributed by atoms with Gasteiger partial charge in [0.1, 0.15) is 11.9 Å². The second-order valence-corrected chi connectivity index (χ2v) is 6.31. The molecule has 1 aliphatic heterocycles. The number of aliphatic hydroxyl groups is 1. The standard InChI is InChI=1S/C18H25N3O3/c1-23-18-9-8-14(19-20-18)13-21-10-4-2-3-6-15(21)12-16(22)17-7-5-11-24-17/h5,7-9,11,15-16,22H,2-4,6,10,12-13H2,1H3/t15-,16-/m0/s1. The van der Waals surface area contributed by atoms with Gasteiger partial charge >= 0.3 is 0 Å². The van der Waals surface area contributed by atoms with Crippen LogP contribution in [0.3, 0.4) is 0 Å². The molecule has 1 N–H and O–H groups in total. The number of furan rings is 1. The van der Waals surface area contributed by atoms with Gasteiger partial charge in [0.2, 0.25) is 5.88 Å². The molecule has 3 rings (SSSR count). The number of methoxy groups -OCH3 is 1. The molecule has 1 aliphatic rings. The van der Waals surface area contributed by atoms with Crippen LogP contribution < -0.4 is 4.74 Å². The highest BCUT2D eigenvalue weighted by Gasteiger charge is 2.25. The van der Waals surface area contributed by atoms with Crippen molar-refractivity contribution in [2.45, 2.75) is 50.8 Å². The van der Waals surface area contributed by atoms with Gasteiger partial charge in [0.15, 0.2) is 0 Å². The molecule has 0 radical (unpaired) electrons. The van der Waals surface area contributed by atoms with Crippen molar-refractivity contribution in [1.29, 1.82) is 0 Å². The SMILES string of the molecule is COc1ccc(CN2CCCCC[C@H]2C[C@H](O)c2ccco2)nn1. The lowest BCUT2D eigenvalue weighted by Gasteiger charge is -2.30. The van der Waals surface area contributed by atoms with Crippen LogP contribution in [0, 0.1) is 0 Å². The van der Waals surface area contributed by atoms with Crippen molar-refractivity contribution in [2.24, 2.45) is 0 Å². The number of aromatic nitrogens is 2. The maximum Gasteiger partial charge on any atom is 0.233 e. The Morgan fingerprint density at radius 3 is 2.92 bits per heavy atom. The van der Waals surface area contributed by atoms with E-state index >= 15 is 0 Å². The predicted molar refractivity (Wildman–Crippen MR) is 89.5 cm³/mol. The minimum atomic E-state index is -0.562. The zero-order valence-electron chi connectivity index (χ0n) is 14.1. The van der Waals surface area contributed by atoms with E-state index in [9.17, 15) is 5.11 Å². The van der Waals surface area contributed by atoms with Gasteiger partial charge < -0.3 is 14.3 Å². The van der Waals surface area contributed by atoms with E-state index < -0.39 is 6.10 Å². The van der Waals surface area contributed by atoms with Crippen molar-refractivity contribution in [3.8, 4) is 5.88 Å². The van der Waals surface area contributed by atoms with E-state index in [4.69, 9.17) is 9.15 Å². The van der Waals surface area contributed by atoms with Gasteiger partial charge in [-0.05, 0) is 44.0 Å². The first-order valence-corrected chi connectivity index (χ1v) is 8.58. The fraction of sp³-hybridized carbons (Fsp3) is 0.556. The van der Waals surface area contributed by atoms with Gasteiger partial charge in [0.05, 0.1) is 19.1 Å². The first-order valence-electron chi connectivity index (χ1n) is 8.58.